The first-order valence-electron chi connectivity index (χ1n) is 8.50. The van der Waals surface area contributed by atoms with E-state index >= 15 is 0 Å². The Morgan fingerprint density at radius 1 is 1.00 bits per heavy atom. The van der Waals surface area contributed by atoms with Gasteiger partial charge in [0, 0.05) is 30.7 Å². The highest BCUT2D eigenvalue weighted by Crippen LogP contribution is 2.22. The smallest absolute Gasteiger partial charge is 0.320 e. The number of carbonyl (C=O) groups is 1. The van der Waals surface area contributed by atoms with Crippen LogP contribution in [-0.2, 0) is 10.0 Å². The van der Waals surface area contributed by atoms with E-state index in [9.17, 15) is 13.2 Å². The van der Waals surface area contributed by atoms with E-state index in [0.717, 1.165) is 5.56 Å². The quantitative estimate of drug-likeness (QED) is 0.484. The van der Waals surface area contributed by atoms with Crippen LogP contribution in [0.4, 0.5) is 22.2 Å². The molecule has 4 N–H and O–H groups in total. The Morgan fingerprint density at radius 2 is 1.79 bits per heavy atom. The Hall–Kier alpha value is -3.57. The Balaban J connectivity index is 1.85. The van der Waals surface area contributed by atoms with E-state index in [0.29, 0.717) is 23.1 Å². The number of urea groups is 1. The molecule has 0 atom stereocenters. The van der Waals surface area contributed by atoms with Gasteiger partial charge in [0.05, 0.1) is 10.6 Å². The first kappa shape index (κ1) is 20.2. The average Bonchev–Trinajstić information content (AvgIpc) is 2.74. The third-order valence-electron chi connectivity index (χ3n) is 3.85. The largest absolute Gasteiger partial charge is 0.341 e. The topological polar surface area (TPSA) is 138 Å². The van der Waals surface area contributed by atoms with Gasteiger partial charge in [-0.2, -0.15) is 0 Å². The lowest BCUT2D eigenvalue weighted by Crippen LogP contribution is -2.24. The van der Waals surface area contributed by atoms with Crippen molar-refractivity contribution in [2.75, 3.05) is 24.7 Å². The van der Waals surface area contributed by atoms with Crippen molar-refractivity contribution in [1.29, 1.82) is 0 Å². The normalized spacial score (nSPS) is 11.0. The highest BCUT2D eigenvalue weighted by molar-refractivity contribution is 7.89. The maximum atomic E-state index is 12.0. The molecule has 29 heavy (non-hydrogen) atoms. The summed E-state index contributed by atoms with van der Waals surface area (Å²) in [7, 11) is -0.695. The lowest BCUT2D eigenvalue weighted by molar-refractivity contribution is 0.254. The molecule has 2 aromatic heterocycles. The number of rotatable bonds is 6. The molecule has 3 aromatic rings. The minimum absolute atomic E-state index is 0.125. The zero-order valence-corrected chi connectivity index (χ0v) is 16.5. The highest BCUT2D eigenvalue weighted by atomic mass is 32.2. The van der Waals surface area contributed by atoms with Crippen molar-refractivity contribution < 1.29 is 13.2 Å². The van der Waals surface area contributed by atoms with Crippen LogP contribution in [0.1, 0.15) is 0 Å². The van der Waals surface area contributed by atoms with E-state index in [1.54, 1.807) is 42.7 Å². The van der Waals surface area contributed by atoms with Gasteiger partial charge in [-0.05, 0) is 43.4 Å². The summed E-state index contributed by atoms with van der Waals surface area (Å²) in [4.78, 5) is 24.3. The van der Waals surface area contributed by atoms with Crippen LogP contribution >= 0.6 is 0 Å². The summed E-state index contributed by atoms with van der Waals surface area (Å²) < 4.78 is 26.2. The molecule has 0 unspecified atom stereocenters. The second kappa shape index (κ2) is 8.63. The molecule has 1 aromatic carbocycles. The Morgan fingerprint density at radius 3 is 2.55 bits per heavy atom. The van der Waals surface area contributed by atoms with Crippen LogP contribution in [0.2, 0.25) is 0 Å². The number of carbonyl (C=O) groups excluding carboxylic acids is 1. The fourth-order valence-electron chi connectivity index (χ4n) is 2.40. The fourth-order valence-corrected chi connectivity index (χ4v) is 3.18. The fraction of sp³-hybridized carbons (Fsp3) is 0.111. The molecule has 0 spiro atoms. The number of amides is 2. The summed E-state index contributed by atoms with van der Waals surface area (Å²) in [6.45, 7) is 0. The molecular weight excluding hydrogens is 394 g/mol. The number of nitrogens with zero attached hydrogens (tertiary/aromatic N) is 3. The Labute approximate surface area is 167 Å². The van der Waals surface area contributed by atoms with E-state index in [4.69, 9.17) is 0 Å². The number of pyridine rings is 1. The minimum atomic E-state index is -3.56. The van der Waals surface area contributed by atoms with E-state index < -0.39 is 10.0 Å². The molecule has 0 saturated heterocycles. The highest BCUT2D eigenvalue weighted by Gasteiger charge is 2.12. The molecule has 2 amide bonds. The van der Waals surface area contributed by atoms with E-state index in [1.165, 1.54) is 26.2 Å². The molecule has 0 saturated carbocycles. The Bertz CT molecular complexity index is 1140. The molecule has 10 nitrogen and oxygen atoms in total. The molecule has 3 rings (SSSR count). The van der Waals surface area contributed by atoms with Crippen molar-refractivity contribution in [2.45, 2.75) is 4.90 Å². The summed E-state index contributed by atoms with van der Waals surface area (Å²) in [6, 6.07) is 11.1. The summed E-state index contributed by atoms with van der Waals surface area (Å²) in [5, 5.41) is 8.05. The van der Waals surface area contributed by atoms with Gasteiger partial charge in [0.2, 0.25) is 16.0 Å². The maximum absolute atomic E-state index is 12.0. The van der Waals surface area contributed by atoms with Crippen LogP contribution in [0.15, 0.2) is 59.8 Å². The van der Waals surface area contributed by atoms with Crippen molar-refractivity contribution in [3.63, 3.8) is 0 Å². The first-order valence-corrected chi connectivity index (χ1v) is 9.98. The van der Waals surface area contributed by atoms with Gasteiger partial charge in [0.1, 0.15) is 5.82 Å². The number of aromatic nitrogens is 3. The molecule has 11 heteroatoms. The molecule has 2 heterocycles. The first-order chi connectivity index (χ1) is 13.9. The number of sulfonamides is 1. The number of nitrogens with one attached hydrogen (secondary N) is 4. The SMILES string of the molecule is CNC(=O)Nc1cc(-c2ccnc(Nc3cccc(S(=O)(=O)NC)c3)n2)ccn1. The van der Waals surface area contributed by atoms with Crippen LogP contribution in [0.3, 0.4) is 0 Å². The summed E-state index contributed by atoms with van der Waals surface area (Å²) in [5.74, 6) is 0.666. The lowest BCUT2D eigenvalue weighted by Gasteiger charge is -2.09. The standard InChI is InChI=1S/C18H19N7O3S/c1-19-18(26)25-16-10-12(6-8-21-16)15-7-9-22-17(24-15)23-13-4-3-5-14(11-13)29(27,28)20-2/h3-11,20H,1-2H3,(H,22,23,24)(H2,19,21,25,26). The molecule has 0 aliphatic rings. The molecule has 0 bridgehead atoms. The van der Waals surface area contributed by atoms with E-state index in [-0.39, 0.29) is 10.9 Å². The second-order valence-electron chi connectivity index (χ2n) is 5.76. The van der Waals surface area contributed by atoms with Gasteiger partial charge in [-0.25, -0.2) is 32.9 Å². The summed E-state index contributed by atoms with van der Waals surface area (Å²) >= 11 is 0. The van der Waals surface area contributed by atoms with Crippen LogP contribution in [0.25, 0.3) is 11.3 Å². The van der Waals surface area contributed by atoms with E-state index in [1.807, 2.05) is 0 Å². The van der Waals surface area contributed by atoms with Gasteiger partial charge in [-0.15, -0.1) is 0 Å². The lowest BCUT2D eigenvalue weighted by atomic mass is 10.2. The number of hydrogen-bond donors (Lipinski definition) is 4. The van der Waals surface area contributed by atoms with Crippen molar-refractivity contribution in [3.8, 4) is 11.3 Å². The second-order valence-corrected chi connectivity index (χ2v) is 7.65. The van der Waals surface area contributed by atoms with Gasteiger partial charge in [0.25, 0.3) is 0 Å². The molecule has 0 aliphatic heterocycles. The van der Waals surface area contributed by atoms with Crippen molar-refractivity contribution in [2.24, 2.45) is 0 Å². The molecule has 0 fully saturated rings. The van der Waals surface area contributed by atoms with Crippen LogP contribution < -0.4 is 20.7 Å². The summed E-state index contributed by atoms with van der Waals surface area (Å²) in [6.07, 6.45) is 3.13. The average molecular weight is 413 g/mol. The van der Waals surface area contributed by atoms with Gasteiger partial charge in [-0.3, -0.25) is 5.32 Å². The van der Waals surface area contributed by atoms with Gasteiger partial charge in [-0.1, -0.05) is 6.07 Å². The predicted octanol–water partition coefficient (Wildman–Crippen LogP) is 1.94. The number of hydrogen-bond acceptors (Lipinski definition) is 7. The van der Waals surface area contributed by atoms with Gasteiger partial charge < -0.3 is 10.6 Å². The van der Waals surface area contributed by atoms with Gasteiger partial charge in [0.15, 0.2) is 0 Å². The molecule has 150 valence electrons. The van der Waals surface area contributed by atoms with Crippen molar-refractivity contribution in [1.82, 2.24) is 25.0 Å². The zero-order valence-electron chi connectivity index (χ0n) is 15.7. The van der Waals surface area contributed by atoms with Gasteiger partial charge >= 0.3 is 6.03 Å². The number of anilines is 3. The van der Waals surface area contributed by atoms with E-state index in [2.05, 4.69) is 35.6 Å². The minimum Gasteiger partial charge on any atom is -0.341 e. The van der Waals surface area contributed by atoms with Crippen molar-refractivity contribution >= 4 is 33.5 Å². The number of benzene rings is 1. The third kappa shape index (κ3) is 5.03. The monoisotopic (exact) mass is 413 g/mol. The van der Waals surface area contributed by atoms with Crippen LogP contribution in [0, 0.1) is 0 Å². The summed E-state index contributed by atoms with van der Waals surface area (Å²) in [5.41, 5.74) is 1.85. The molecule has 0 aliphatic carbocycles. The van der Waals surface area contributed by atoms with Crippen LogP contribution in [0.5, 0.6) is 0 Å². The van der Waals surface area contributed by atoms with Crippen LogP contribution in [-0.4, -0.2) is 43.5 Å². The molecule has 0 radical (unpaired) electrons. The zero-order chi connectivity index (χ0) is 20.9. The predicted molar refractivity (Wildman–Crippen MR) is 109 cm³/mol. The maximum Gasteiger partial charge on any atom is 0.320 e. The van der Waals surface area contributed by atoms with Crippen molar-refractivity contribution in [3.05, 3.63) is 54.9 Å². The molecular formula is C18H19N7O3S. The Kier molecular flexibility index (Phi) is 6.00. The third-order valence-corrected chi connectivity index (χ3v) is 5.26.